The van der Waals surface area contributed by atoms with Crippen LogP contribution in [0.4, 0.5) is 0 Å². The second kappa shape index (κ2) is 24.1. The van der Waals surface area contributed by atoms with E-state index in [1.165, 1.54) is 83.5 Å². The summed E-state index contributed by atoms with van der Waals surface area (Å²) in [6.07, 6.45) is 50.6. The van der Waals surface area contributed by atoms with E-state index in [1.54, 1.807) is 128 Å². The quantitative estimate of drug-likeness (QED) is 0.249. The summed E-state index contributed by atoms with van der Waals surface area (Å²) in [5.74, 6) is 15.3. The minimum absolute atomic E-state index is 0.543. The Bertz CT molecular complexity index is 1310. The van der Waals surface area contributed by atoms with E-state index in [9.17, 15) is 0 Å². The second-order valence-electron chi connectivity index (χ2n) is 32.5. The summed E-state index contributed by atoms with van der Waals surface area (Å²) in [7, 11) is 0. The van der Waals surface area contributed by atoms with Gasteiger partial charge in [-0.2, -0.15) is 0 Å². The summed E-state index contributed by atoms with van der Waals surface area (Å²) in [6, 6.07) is 0. The molecule has 66 heavy (non-hydrogen) atoms. The van der Waals surface area contributed by atoms with Crippen LogP contribution >= 0.6 is 0 Å². The van der Waals surface area contributed by atoms with E-state index < -0.39 is 0 Å². The first-order valence-corrected chi connectivity index (χ1v) is 30.9. The molecule has 11 aliphatic rings. The average molecular weight is 916 g/mol. The Labute approximate surface area is 416 Å². The van der Waals surface area contributed by atoms with Crippen molar-refractivity contribution in [1.82, 2.24) is 0 Å². The summed E-state index contributed by atoms with van der Waals surface area (Å²) in [4.78, 5) is 0. The van der Waals surface area contributed by atoms with Crippen LogP contribution in [0.3, 0.4) is 0 Å². The van der Waals surface area contributed by atoms with E-state index in [2.05, 4.69) is 96.9 Å². The molecule has 11 rings (SSSR count). The van der Waals surface area contributed by atoms with Crippen LogP contribution in [-0.4, -0.2) is 0 Å². The number of hydrogen-bond acceptors (Lipinski definition) is 0. The average Bonchev–Trinajstić information content (AvgIpc) is 3.97. The van der Waals surface area contributed by atoms with Crippen molar-refractivity contribution in [3.63, 3.8) is 0 Å². The number of hydrogen-bond donors (Lipinski definition) is 0. The predicted molar refractivity (Wildman–Crippen MR) is 293 cm³/mol. The van der Waals surface area contributed by atoms with Crippen molar-refractivity contribution >= 4 is 0 Å². The molecule has 11 aliphatic carbocycles. The van der Waals surface area contributed by atoms with Crippen molar-refractivity contribution in [3.8, 4) is 0 Å². The fourth-order valence-electron chi connectivity index (χ4n) is 18.3. The first-order valence-electron chi connectivity index (χ1n) is 30.9. The standard InChI is InChI=1S/C16H30.2C13H24.2C12H22/c1-15(2,3)13-14-7-11-16(12-8-14)9-5-4-6-10-16;1-13(2,3)9-12-7-10-4-5-11(6-10)8-12;1-13(2,3)9-12-10-5-4-6-11(12)8-7-10;1-12(2,3)8-11-7-9-4-5-10(11)6-9;1-9(2)7-12-8-10-3-5-11(12)6-4-10/h14H,4-13H2,1-3H3;2*10-12H,4-9H2,1-3H3;9-11H,4-8H2,1-3H3;9-12H,3-8H2,1-2H3. The van der Waals surface area contributed by atoms with Gasteiger partial charge in [0.2, 0.25) is 0 Å². The molecule has 1 spiro atoms. The first-order chi connectivity index (χ1) is 30.9. The molecule has 8 bridgehead atoms. The summed E-state index contributed by atoms with van der Waals surface area (Å²) < 4.78 is 0. The fraction of sp³-hybridized carbons (Fsp3) is 1.00. The molecule has 11 fully saturated rings. The highest BCUT2D eigenvalue weighted by Crippen LogP contribution is 2.54. The molecule has 0 aromatic rings. The molecule has 0 aromatic carbocycles. The largest absolute Gasteiger partial charge is 0.0628 e. The minimum Gasteiger partial charge on any atom is -0.0628 e. The van der Waals surface area contributed by atoms with Gasteiger partial charge >= 0.3 is 0 Å². The topological polar surface area (TPSA) is 0 Å². The molecule has 0 heteroatoms. The maximum Gasteiger partial charge on any atom is -0.0297 e. The molecule has 11 saturated carbocycles. The molecule has 0 aromatic heterocycles. The van der Waals surface area contributed by atoms with Crippen LogP contribution < -0.4 is 0 Å². The van der Waals surface area contributed by atoms with Gasteiger partial charge in [0.15, 0.2) is 0 Å². The van der Waals surface area contributed by atoms with Crippen molar-refractivity contribution < 1.29 is 0 Å². The fourth-order valence-corrected chi connectivity index (χ4v) is 18.3. The molecule has 0 N–H and O–H groups in total. The van der Waals surface area contributed by atoms with Gasteiger partial charge in [0.25, 0.3) is 0 Å². The lowest BCUT2D eigenvalue weighted by atomic mass is 9.62. The summed E-state index contributed by atoms with van der Waals surface area (Å²) in [5, 5.41) is 0. The molecule has 8 unspecified atom stereocenters. The summed E-state index contributed by atoms with van der Waals surface area (Å²) in [5.41, 5.74) is 3.04. The minimum atomic E-state index is 0.543. The normalized spacial score (nSPS) is 37.0. The van der Waals surface area contributed by atoms with Crippen molar-refractivity contribution in [3.05, 3.63) is 0 Å². The van der Waals surface area contributed by atoms with Crippen molar-refractivity contribution in [2.24, 2.45) is 110 Å². The molecular weight excluding hydrogens is 793 g/mol. The molecule has 0 amide bonds. The van der Waals surface area contributed by atoms with Crippen molar-refractivity contribution in [1.29, 1.82) is 0 Å². The molecule has 0 saturated heterocycles. The van der Waals surface area contributed by atoms with Gasteiger partial charge in [-0.15, -0.1) is 0 Å². The van der Waals surface area contributed by atoms with Crippen molar-refractivity contribution in [2.75, 3.05) is 0 Å². The van der Waals surface area contributed by atoms with Gasteiger partial charge in [0, 0.05) is 0 Å². The van der Waals surface area contributed by atoms with Crippen LogP contribution in [0.15, 0.2) is 0 Å². The van der Waals surface area contributed by atoms with Gasteiger partial charge in [-0.1, -0.05) is 168 Å². The van der Waals surface area contributed by atoms with Crippen LogP contribution in [-0.2, 0) is 0 Å². The molecule has 0 nitrogen and oxygen atoms in total. The Morgan fingerprint density at radius 1 is 0.348 bits per heavy atom. The Balaban J connectivity index is 0.000000137. The Morgan fingerprint density at radius 3 is 1.26 bits per heavy atom. The van der Waals surface area contributed by atoms with Gasteiger partial charge in [0.1, 0.15) is 0 Å². The van der Waals surface area contributed by atoms with Crippen molar-refractivity contribution in [2.45, 2.75) is 309 Å². The molecular formula is C66H122. The zero-order chi connectivity index (χ0) is 47.9. The van der Waals surface area contributed by atoms with Gasteiger partial charge < -0.3 is 0 Å². The van der Waals surface area contributed by atoms with Crippen LogP contribution in [0.2, 0.25) is 0 Å². The lowest BCUT2D eigenvalue weighted by Gasteiger charge is -2.44. The third kappa shape index (κ3) is 18.6. The van der Waals surface area contributed by atoms with E-state index in [-0.39, 0.29) is 0 Å². The Morgan fingerprint density at radius 2 is 0.803 bits per heavy atom. The molecule has 0 aliphatic heterocycles. The summed E-state index contributed by atoms with van der Waals surface area (Å²) >= 11 is 0. The van der Waals surface area contributed by atoms with Gasteiger partial charge in [-0.25, -0.2) is 0 Å². The highest BCUT2D eigenvalue weighted by molar-refractivity contribution is 4.93. The SMILES string of the molecule is CC(C)(C)CC1C2CCCC1CC2.CC(C)(C)CC1CC2CCC(C2)C1.CC(C)(C)CC1CC2CCC1C2.CC(C)(C)CC1CCC2(CCCCC2)CC1.CC(C)CC1CC2CCC1CC2. The van der Waals surface area contributed by atoms with Gasteiger partial charge in [-0.3, -0.25) is 0 Å². The first kappa shape index (κ1) is 55.3. The van der Waals surface area contributed by atoms with E-state index in [0.717, 1.165) is 88.3 Å². The lowest BCUT2D eigenvalue weighted by molar-refractivity contribution is 0.0828. The lowest BCUT2D eigenvalue weighted by Crippen LogP contribution is -2.31. The Kier molecular flexibility index (Phi) is 20.2. The smallest absolute Gasteiger partial charge is 0.0297 e. The van der Waals surface area contributed by atoms with Gasteiger partial charge in [0.05, 0.1) is 0 Å². The third-order valence-corrected chi connectivity index (χ3v) is 20.7. The van der Waals surface area contributed by atoms with E-state index in [0.29, 0.717) is 21.7 Å². The molecule has 0 radical (unpaired) electrons. The number of fused-ring (bicyclic) bond motifs is 9. The molecule has 8 atom stereocenters. The second-order valence-corrected chi connectivity index (χ2v) is 32.5. The maximum absolute atomic E-state index is 2.40. The number of rotatable bonds is 6. The highest BCUT2D eigenvalue weighted by Gasteiger charge is 2.42. The highest BCUT2D eigenvalue weighted by atomic mass is 14.5. The maximum atomic E-state index is 2.40. The third-order valence-electron chi connectivity index (χ3n) is 20.7. The van der Waals surface area contributed by atoms with E-state index in [4.69, 9.17) is 0 Å². The van der Waals surface area contributed by atoms with Crippen LogP contribution in [0.25, 0.3) is 0 Å². The van der Waals surface area contributed by atoms with Crippen LogP contribution in [0, 0.1) is 110 Å². The van der Waals surface area contributed by atoms with Crippen LogP contribution in [0.5, 0.6) is 0 Å². The molecule has 0 heterocycles. The van der Waals surface area contributed by atoms with Crippen LogP contribution in [0.1, 0.15) is 309 Å². The van der Waals surface area contributed by atoms with E-state index >= 15 is 0 Å². The molecule has 386 valence electrons. The predicted octanol–water partition coefficient (Wildman–Crippen LogP) is 21.8. The van der Waals surface area contributed by atoms with Gasteiger partial charge in [-0.05, 0) is 251 Å². The summed E-state index contributed by atoms with van der Waals surface area (Å²) in [6.45, 7) is 33.5. The van der Waals surface area contributed by atoms with E-state index in [1.807, 2.05) is 0 Å². The zero-order valence-electron chi connectivity index (χ0n) is 47.9. The zero-order valence-corrected chi connectivity index (χ0v) is 47.9. The monoisotopic (exact) mass is 915 g/mol. The Hall–Kier alpha value is 0.